The quantitative estimate of drug-likeness (QED) is 0.611. The average molecular weight is 376 g/mol. The molecule has 1 heterocycles. The molecule has 5 heteroatoms. The predicted molar refractivity (Wildman–Crippen MR) is 94.5 cm³/mol. The van der Waals surface area contributed by atoms with Crippen molar-refractivity contribution in [3.05, 3.63) is 64.6 Å². The van der Waals surface area contributed by atoms with Gasteiger partial charge in [-0.1, -0.05) is 48.5 Å². The molecule has 0 aliphatic heterocycles. The fourth-order valence-corrected chi connectivity index (χ4v) is 3.97. The van der Waals surface area contributed by atoms with Gasteiger partial charge in [-0.05, 0) is 34.5 Å². The number of fused-ring (bicyclic) bond motifs is 1. The molecule has 0 aliphatic carbocycles. The van der Waals surface area contributed by atoms with Gasteiger partial charge in [0.15, 0.2) is 0 Å². The molecular formula is C17H14BrNO2S. The topological polar surface area (TPSA) is 38.3 Å². The van der Waals surface area contributed by atoms with Crippen LogP contribution >= 0.6 is 27.3 Å². The monoisotopic (exact) mass is 375 g/mol. The number of carbonyl (C=O) groups is 1. The maximum Gasteiger partial charge on any atom is 0.412 e. The second-order valence-corrected chi connectivity index (χ2v) is 6.67. The summed E-state index contributed by atoms with van der Waals surface area (Å²) in [6, 6.07) is 17.6. The molecule has 0 bridgehead atoms. The molecule has 3 aromatic rings. The van der Waals surface area contributed by atoms with Crippen molar-refractivity contribution in [2.45, 2.75) is 13.0 Å². The van der Waals surface area contributed by atoms with E-state index in [4.69, 9.17) is 4.74 Å². The fraction of sp³-hybridized carbons (Fsp3) is 0.118. The molecule has 1 unspecified atom stereocenters. The zero-order valence-corrected chi connectivity index (χ0v) is 14.3. The largest absolute Gasteiger partial charge is 0.441 e. The van der Waals surface area contributed by atoms with Gasteiger partial charge in [-0.3, -0.25) is 5.32 Å². The van der Waals surface area contributed by atoms with Gasteiger partial charge in [0.2, 0.25) is 0 Å². The first-order chi connectivity index (χ1) is 10.6. The van der Waals surface area contributed by atoms with E-state index in [1.165, 1.54) is 11.3 Å². The fourth-order valence-electron chi connectivity index (χ4n) is 2.17. The Balaban J connectivity index is 1.72. The van der Waals surface area contributed by atoms with E-state index in [1.807, 2.05) is 61.5 Å². The van der Waals surface area contributed by atoms with Crippen molar-refractivity contribution in [2.24, 2.45) is 0 Å². The van der Waals surface area contributed by atoms with Gasteiger partial charge in [0.25, 0.3) is 0 Å². The van der Waals surface area contributed by atoms with Gasteiger partial charge in [-0.2, -0.15) is 0 Å². The highest BCUT2D eigenvalue weighted by atomic mass is 79.9. The van der Waals surface area contributed by atoms with Crippen molar-refractivity contribution >= 4 is 48.4 Å². The maximum atomic E-state index is 12.1. The molecule has 0 spiro atoms. The van der Waals surface area contributed by atoms with Crippen LogP contribution in [-0.4, -0.2) is 6.09 Å². The first-order valence-corrected chi connectivity index (χ1v) is 8.45. The number of thiophene rings is 1. The number of rotatable bonds is 3. The summed E-state index contributed by atoms with van der Waals surface area (Å²) in [4.78, 5) is 12.1. The van der Waals surface area contributed by atoms with Crippen LogP contribution in [0.1, 0.15) is 18.6 Å². The lowest BCUT2D eigenvalue weighted by Gasteiger charge is -2.13. The van der Waals surface area contributed by atoms with Crippen LogP contribution in [0.2, 0.25) is 0 Å². The number of hydrogen-bond acceptors (Lipinski definition) is 3. The van der Waals surface area contributed by atoms with Crippen LogP contribution in [0.25, 0.3) is 10.1 Å². The van der Waals surface area contributed by atoms with E-state index >= 15 is 0 Å². The molecule has 0 saturated heterocycles. The summed E-state index contributed by atoms with van der Waals surface area (Å²) in [5.41, 5.74) is 0.966. The number of anilines is 1. The number of nitrogens with one attached hydrogen (secondary N) is 1. The molecular weight excluding hydrogens is 362 g/mol. The van der Waals surface area contributed by atoms with E-state index in [2.05, 4.69) is 21.2 Å². The van der Waals surface area contributed by atoms with Crippen molar-refractivity contribution < 1.29 is 9.53 Å². The van der Waals surface area contributed by atoms with E-state index in [9.17, 15) is 4.79 Å². The second-order valence-electron chi connectivity index (χ2n) is 4.82. The Morgan fingerprint density at radius 2 is 1.82 bits per heavy atom. The number of amides is 1. The lowest BCUT2D eigenvalue weighted by molar-refractivity contribution is 0.121. The molecule has 0 radical (unpaired) electrons. The van der Waals surface area contributed by atoms with Gasteiger partial charge in [0.05, 0.1) is 4.47 Å². The third kappa shape index (κ3) is 3.15. The molecule has 2 aromatic carbocycles. The van der Waals surface area contributed by atoms with Gasteiger partial charge in [-0.25, -0.2) is 4.79 Å². The van der Waals surface area contributed by atoms with Gasteiger partial charge < -0.3 is 4.74 Å². The molecule has 0 saturated carbocycles. The zero-order chi connectivity index (χ0) is 15.5. The van der Waals surface area contributed by atoms with Crippen molar-refractivity contribution in [2.75, 3.05) is 5.32 Å². The highest BCUT2D eigenvalue weighted by Crippen LogP contribution is 2.39. The highest BCUT2D eigenvalue weighted by molar-refractivity contribution is 9.10. The summed E-state index contributed by atoms with van der Waals surface area (Å²) in [5.74, 6) is 0. The normalized spacial score (nSPS) is 12.1. The lowest BCUT2D eigenvalue weighted by atomic mass is 10.1. The smallest absolute Gasteiger partial charge is 0.412 e. The minimum absolute atomic E-state index is 0.297. The number of ether oxygens (including phenoxy) is 1. The SMILES string of the molecule is CC(OC(=O)Nc1sc2ccccc2c1Br)c1ccccc1. The van der Waals surface area contributed by atoms with Gasteiger partial charge in [-0.15, -0.1) is 11.3 Å². The standard InChI is InChI=1S/C17H14BrNO2S/c1-11(12-7-3-2-4-8-12)21-17(20)19-16-15(18)13-9-5-6-10-14(13)22-16/h2-11H,1H3,(H,19,20). The van der Waals surface area contributed by atoms with Crippen LogP contribution in [-0.2, 0) is 4.74 Å². The van der Waals surface area contributed by atoms with Crippen LogP contribution in [0.3, 0.4) is 0 Å². The Hall–Kier alpha value is -1.85. The minimum atomic E-state index is -0.455. The molecule has 112 valence electrons. The first kappa shape index (κ1) is 15.1. The van der Waals surface area contributed by atoms with Crippen molar-refractivity contribution in [3.63, 3.8) is 0 Å². The Bertz CT molecular complexity index is 801. The van der Waals surface area contributed by atoms with Crippen LogP contribution in [0.15, 0.2) is 59.1 Å². The van der Waals surface area contributed by atoms with Crippen molar-refractivity contribution in [1.82, 2.24) is 0 Å². The molecule has 1 N–H and O–H groups in total. The summed E-state index contributed by atoms with van der Waals surface area (Å²) in [6.07, 6.45) is -0.752. The Kier molecular flexibility index (Phi) is 4.45. The van der Waals surface area contributed by atoms with Gasteiger partial charge >= 0.3 is 6.09 Å². The second kappa shape index (κ2) is 6.50. The molecule has 1 aromatic heterocycles. The zero-order valence-electron chi connectivity index (χ0n) is 11.9. The lowest BCUT2D eigenvalue weighted by Crippen LogP contribution is -2.15. The van der Waals surface area contributed by atoms with Gasteiger partial charge in [0.1, 0.15) is 11.1 Å². The summed E-state index contributed by atoms with van der Waals surface area (Å²) in [7, 11) is 0. The Labute approximate surface area is 141 Å². The summed E-state index contributed by atoms with van der Waals surface area (Å²) >= 11 is 5.05. The van der Waals surface area contributed by atoms with Gasteiger partial charge in [0, 0.05) is 10.1 Å². The summed E-state index contributed by atoms with van der Waals surface area (Å²) in [5, 5.41) is 4.65. The van der Waals surface area contributed by atoms with E-state index < -0.39 is 6.09 Å². The summed E-state index contributed by atoms with van der Waals surface area (Å²) in [6.45, 7) is 1.86. The predicted octanol–water partition coefficient (Wildman–Crippen LogP) is 5.97. The number of benzene rings is 2. The number of carbonyl (C=O) groups excluding carboxylic acids is 1. The Morgan fingerprint density at radius 3 is 2.55 bits per heavy atom. The van der Waals surface area contributed by atoms with E-state index in [0.717, 1.165) is 25.1 Å². The molecule has 22 heavy (non-hydrogen) atoms. The third-order valence-electron chi connectivity index (χ3n) is 3.30. The van der Waals surface area contributed by atoms with E-state index in [1.54, 1.807) is 0 Å². The van der Waals surface area contributed by atoms with Crippen LogP contribution in [0.4, 0.5) is 9.80 Å². The molecule has 3 rings (SSSR count). The van der Waals surface area contributed by atoms with E-state index in [0.29, 0.717) is 0 Å². The highest BCUT2D eigenvalue weighted by Gasteiger charge is 2.15. The van der Waals surface area contributed by atoms with E-state index in [-0.39, 0.29) is 6.10 Å². The van der Waals surface area contributed by atoms with Crippen molar-refractivity contribution in [1.29, 1.82) is 0 Å². The van der Waals surface area contributed by atoms with Crippen molar-refractivity contribution in [3.8, 4) is 0 Å². The van der Waals surface area contributed by atoms with Crippen LogP contribution in [0, 0.1) is 0 Å². The maximum absolute atomic E-state index is 12.1. The molecule has 0 fully saturated rings. The number of hydrogen-bond donors (Lipinski definition) is 1. The third-order valence-corrected chi connectivity index (χ3v) is 5.48. The van der Waals surface area contributed by atoms with Crippen LogP contribution in [0.5, 0.6) is 0 Å². The number of halogens is 1. The first-order valence-electron chi connectivity index (χ1n) is 6.85. The average Bonchev–Trinajstić information content (AvgIpc) is 2.84. The molecule has 1 atom stereocenters. The molecule has 3 nitrogen and oxygen atoms in total. The minimum Gasteiger partial charge on any atom is -0.441 e. The molecule has 0 aliphatic rings. The Morgan fingerprint density at radius 1 is 1.14 bits per heavy atom. The summed E-state index contributed by atoms with van der Waals surface area (Å²) < 4.78 is 7.43. The molecule has 1 amide bonds. The van der Waals surface area contributed by atoms with Crippen LogP contribution < -0.4 is 5.32 Å².